The second-order valence-corrected chi connectivity index (χ2v) is 9.41. The predicted molar refractivity (Wildman–Crippen MR) is 127 cm³/mol. The molecule has 0 fully saturated rings. The van der Waals surface area contributed by atoms with Gasteiger partial charge in [0.1, 0.15) is 5.82 Å². The second-order valence-electron chi connectivity index (χ2n) is 7.47. The summed E-state index contributed by atoms with van der Waals surface area (Å²) in [6.45, 7) is 6.97. The number of anilines is 1. The number of amides is 2. The molecular formula is C23H29N5O4S. The fourth-order valence-electron chi connectivity index (χ4n) is 3.82. The van der Waals surface area contributed by atoms with E-state index in [2.05, 4.69) is 10.3 Å². The van der Waals surface area contributed by atoms with Gasteiger partial charge < -0.3 is 15.6 Å². The first-order valence-electron chi connectivity index (χ1n) is 10.9. The number of imidazole rings is 1. The molecule has 2 amide bonds. The van der Waals surface area contributed by atoms with E-state index >= 15 is 0 Å². The van der Waals surface area contributed by atoms with Crippen molar-refractivity contribution in [2.75, 3.05) is 18.4 Å². The average molecular weight is 472 g/mol. The zero-order valence-electron chi connectivity index (χ0n) is 19.0. The highest BCUT2D eigenvalue weighted by atomic mass is 32.2. The van der Waals surface area contributed by atoms with Crippen molar-refractivity contribution < 1.29 is 18.0 Å². The van der Waals surface area contributed by atoms with Crippen LogP contribution in [0.15, 0.2) is 47.4 Å². The van der Waals surface area contributed by atoms with Crippen molar-refractivity contribution >= 4 is 38.6 Å². The highest BCUT2D eigenvalue weighted by Crippen LogP contribution is 2.24. The summed E-state index contributed by atoms with van der Waals surface area (Å²) in [5, 5.41) is 2.73. The summed E-state index contributed by atoms with van der Waals surface area (Å²) in [6.07, 6.45) is 0.492. The van der Waals surface area contributed by atoms with Crippen molar-refractivity contribution in [2.45, 2.75) is 45.1 Å². The van der Waals surface area contributed by atoms with Crippen LogP contribution in [0.3, 0.4) is 0 Å². The number of nitrogens with zero attached hydrogens (tertiary/aromatic N) is 3. The standard InChI is InChI=1S/C23H29N5O4S/c1-4-27(5-2)33(31,32)16-11-12-20-19(15-16)25-21(28(20)6-3)13-14-22(29)26-18-10-8-7-9-17(18)23(24)30/h7-12,15H,4-6,13-14H2,1-3H3,(H2,24,30)(H,26,29). The van der Waals surface area contributed by atoms with Gasteiger partial charge in [0, 0.05) is 32.5 Å². The van der Waals surface area contributed by atoms with Crippen LogP contribution in [-0.4, -0.2) is 47.2 Å². The van der Waals surface area contributed by atoms with Gasteiger partial charge in [-0.05, 0) is 37.3 Å². The Morgan fingerprint density at radius 3 is 2.42 bits per heavy atom. The molecule has 0 atom stereocenters. The number of carbonyl (C=O) groups excluding carboxylic acids is 2. The number of nitrogens with one attached hydrogen (secondary N) is 1. The van der Waals surface area contributed by atoms with E-state index < -0.39 is 15.9 Å². The van der Waals surface area contributed by atoms with Crippen molar-refractivity contribution in [1.29, 1.82) is 0 Å². The third-order valence-electron chi connectivity index (χ3n) is 5.50. The molecule has 10 heteroatoms. The molecule has 33 heavy (non-hydrogen) atoms. The maximum atomic E-state index is 12.9. The number of hydrogen-bond acceptors (Lipinski definition) is 5. The summed E-state index contributed by atoms with van der Waals surface area (Å²) in [7, 11) is -3.59. The van der Waals surface area contributed by atoms with E-state index in [1.54, 1.807) is 56.3 Å². The Morgan fingerprint density at radius 1 is 1.09 bits per heavy atom. The van der Waals surface area contributed by atoms with Crippen molar-refractivity contribution in [3.63, 3.8) is 0 Å². The smallest absolute Gasteiger partial charge is 0.250 e. The normalized spacial score (nSPS) is 11.8. The van der Waals surface area contributed by atoms with Gasteiger partial charge >= 0.3 is 0 Å². The maximum absolute atomic E-state index is 12.9. The summed E-state index contributed by atoms with van der Waals surface area (Å²) in [5.74, 6) is -0.208. The van der Waals surface area contributed by atoms with E-state index in [0.29, 0.717) is 43.1 Å². The highest BCUT2D eigenvalue weighted by molar-refractivity contribution is 7.89. The lowest BCUT2D eigenvalue weighted by Crippen LogP contribution is -2.30. The minimum absolute atomic E-state index is 0.140. The lowest BCUT2D eigenvalue weighted by molar-refractivity contribution is -0.116. The number of aromatic nitrogens is 2. The molecule has 0 bridgehead atoms. The Kier molecular flexibility index (Phi) is 7.50. The number of rotatable bonds is 10. The van der Waals surface area contributed by atoms with Crippen LogP contribution in [0.25, 0.3) is 11.0 Å². The van der Waals surface area contributed by atoms with E-state index in [-0.39, 0.29) is 22.8 Å². The quantitative estimate of drug-likeness (QED) is 0.470. The Hall–Kier alpha value is -3.24. The molecule has 0 saturated heterocycles. The molecule has 1 aromatic heterocycles. The lowest BCUT2D eigenvalue weighted by Gasteiger charge is -2.18. The van der Waals surface area contributed by atoms with Crippen molar-refractivity contribution in [2.24, 2.45) is 5.73 Å². The van der Waals surface area contributed by atoms with Crippen LogP contribution in [0.4, 0.5) is 5.69 Å². The second kappa shape index (κ2) is 10.1. The maximum Gasteiger partial charge on any atom is 0.250 e. The van der Waals surface area contributed by atoms with Gasteiger partial charge in [-0.1, -0.05) is 26.0 Å². The third-order valence-corrected chi connectivity index (χ3v) is 7.55. The van der Waals surface area contributed by atoms with Gasteiger partial charge in [0.15, 0.2) is 0 Å². The van der Waals surface area contributed by atoms with Crippen LogP contribution in [0, 0.1) is 0 Å². The van der Waals surface area contributed by atoms with Crippen LogP contribution >= 0.6 is 0 Å². The first-order chi connectivity index (χ1) is 15.7. The van der Waals surface area contributed by atoms with Gasteiger partial charge in [-0.3, -0.25) is 9.59 Å². The molecule has 3 rings (SSSR count). The molecule has 0 aliphatic heterocycles. The van der Waals surface area contributed by atoms with Crippen LogP contribution in [-0.2, 0) is 27.8 Å². The number of benzene rings is 2. The average Bonchev–Trinajstić information content (AvgIpc) is 3.15. The first-order valence-corrected chi connectivity index (χ1v) is 12.3. The number of fused-ring (bicyclic) bond motifs is 1. The van der Waals surface area contributed by atoms with E-state index in [1.165, 1.54) is 4.31 Å². The minimum atomic E-state index is -3.59. The number of para-hydroxylation sites is 1. The number of carbonyl (C=O) groups is 2. The van der Waals surface area contributed by atoms with Gasteiger partial charge in [0.25, 0.3) is 5.91 Å². The highest BCUT2D eigenvalue weighted by Gasteiger charge is 2.23. The molecule has 0 radical (unpaired) electrons. The summed E-state index contributed by atoms with van der Waals surface area (Å²) < 4.78 is 29.1. The van der Waals surface area contributed by atoms with Crippen molar-refractivity contribution in [1.82, 2.24) is 13.9 Å². The molecule has 0 unspecified atom stereocenters. The SMILES string of the molecule is CCN(CC)S(=O)(=O)c1ccc2c(c1)nc(CCC(=O)Nc1ccccc1C(N)=O)n2CC. The van der Waals surface area contributed by atoms with E-state index in [9.17, 15) is 18.0 Å². The molecule has 0 aliphatic rings. The number of nitrogens with two attached hydrogens (primary N) is 1. The van der Waals surface area contributed by atoms with Gasteiger partial charge in [-0.2, -0.15) is 4.31 Å². The number of hydrogen-bond donors (Lipinski definition) is 2. The lowest BCUT2D eigenvalue weighted by atomic mass is 10.1. The molecule has 0 saturated carbocycles. The van der Waals surface area contributed by atoms with Gasteiger partial charge in [0.2, 0.25) is 15.9 Å². The van der Waals surface area contributed by atoms with E-state index in [0.717, 1.165) is 5.52 Å². The van der Waals surface area contributed by atoms with Gasteiger partial charge in [-0.15, -0.1) is 0 Å². The van der Waals surface area contributed by atoms with E-state index in [4.69, 9.17) is 5.73 Å². The van der Waals surface area contributed by atoms with Gasteiger partial charge in [-0.25, -0.2) is 13.4 Å². The molecular weight excluding hydrogens is 442 g/mol. The Morgan fingerprint density at radius 2 is 1.79 bits per heavy atom. The van der Waals surface area contributed by atoms with Crippen LogP contribution in [0.2, 0.25) is 0 Å². The summed E-state index contributed by atoms with van der Waals surface area (Å²) in [6, 6.07) is 11.5. The molecule has 9 nitrogen and oxygen atoms in total. The monoisotopic (exact) mass is 471 g/mol. The number of primary amides is 1. The number of sulfonamides is 1. The fourth-order valence-corrected chi connectivity index (χ4v) is 5.30. The Bertz CT molecular complexity index is 1280. The molecule has 1 heterocycles. The van der Waals surface area contributed by atoms with Gasteiger partial charge in [0.05, 0.1) is 27.2 Å². The van der Waals surface area contributed by atoms with Crippen molar-refractivity contribution in [3.8, 4) is 0 Å². The van der Waals surface area contributed by atoms with E-state index in [1.807, 2.05) is 11.5 Å². The van der Waals surface area contributed by atoms with Crippen LogP contribution in [0.1, 0.15) is 43.4 Å². The Labute approximate surface area is 193 Å². The van der Waals surface area contributed by atoms with Crippen LogP contribution in [0.5, 0.6) is 0 Å². The molecule has 176 valence electrons. The molecule has 0 aliphatic carbocycles. The number of aryl methyl sites for hydroxylation is 2. The fraction of sp³-hybridized carbons (Fsp3) is 0.348. The predicted octanol–water partition coefficient (Wildman–Crippen LogP) is 2.76. The summed E-state index contributed by atoms with van der Waals surface area (Å²) in [4.78, 5) is 28.9. The molecule has 0 spiro atoms. The topological polar surface area (TPSA) is 127 Å². The van der Waals surface area contributed by atoms with Crippen LogP contribution < -0.4 is 11.1 Å². The zero-order chi connectivity index (χ0) is 24.2. The summed E-state index contributed by atoms with van der Waals surface area (Å²) in [5.41, 5.74) is 7.36. The largest absolute Gasteiger partial charge is 0.366 e. The minimum Gasteiger partial charge on any atom is -0.366 e. The summed E-state index contributed by atoms with van der Waals surface area (Å²) >= 11 is 0. The zero-order valence-corrected chi connectivity index (χ0v) is 19.9. The molecule has 2 aromatic carbocycles. The molecule has 3 N–H and O–H groups in total. The Balaban J connectivity index is 1.82. The van der Waals surface area contributed by atoms with Crippen molar-refractivity contribution in [3.05, 3.63) is 53.9 Å². The third kappa shape index (κ3) is 5.07. The molecule has 3 aromatic rings. The first kappa shape index (κ1) is 24.4.